The average Bonchev–Trinajstić information content (AvgIpc) is 1.61. The van der Waals surface area contributed by atoms with Gasteiger partial charge in [0, 0.05) is 0 Å². The first kappa shape index (κ1) is 7.40. The number of rotatable bonds is 3. The minimum absolute atomic E-state index is 0.423. The molecule has 0 rings (SSSR count). The van der Waals surface area contributed by atoms with Gasteiger partial charge in [0.05, 0.1) is 4.91 Å². The molecule has 3 nitrogen and oxygen atoms in total. The zero-order chi connectivity index (χ0) is 6.57. The quantitative estimate of drug-likeness (QED) is 0.517. The Morgan fingerprint density at radius 2 is 2.12 bits per heavy atom. The van der Waals surface area contributed by atoms with Gasteiger partial charge in [-0.25, -0.2) is 4.84 Å². The van der Waals surface area contributed by atoms with E-state index in [-0.39, 0.29) is 0 Å². The molecular formula is C5H12NO2+. The molecule has 0 bridgehead atoms. The summed E-state index contributed by atoms with van der Waals surface area (Å²) in [7, 11) is 1.34. The standard InChI is InChI=1S/C5H12NO2/c1-5(2)4-8-6(3)7/h5H,4H2,1-3H3/q+1. The maximum absolute atomic E-state index is 10.0. The molecule has 3 heteroatoms. The Morgan fingerprint density at radius 3 is 2.25 bits per heavy atom. The SMILES string of the molecule is CC(C)CO[N+](C)=O. The Bertz CT molecular complexity index is 80.5. The lowest BCUT2D eigenvalue weighted by Gasteiger charge is -1.94. The van der Waals surface area contributed by atoms with Crippen LogP contribution in [0.4, 0.5) is 0 Å². The molecular weight excluding hydrogens is 106 g/mol. The van der Waals surface area contributed by atoms with Crippen molar-refractivity contribution >= 4 is 0 Å². The van der Waals surface area contributed by atoms with Gasteiger partial charge >= 0.3 is 0 Å². The lowest BCUT2D eigenvalue weighted by molar-refractivity contribution is -0.785. The Morgan fingerprint density at radius 1 is 1.62 bits per heavy atom. The third kappa shape index (κ3) is 5.40. The van der Waals surface area contributed by atoms with E-state index in [1.165, 1.54) is 7.05 Å². The molecule has 0 aliphatic heterocycles. The first-order valence-electron chi connectivity index (χ1n) is 2.66. The van der Waals surface area contributed by atoms with Crippen LogP contribution in [0.1, 0.15) is 13.8 Å². The zero-order valence-electron chi connectivity index (χ0n) is 5.55. The van der Waals surface area contributed by atoms with Crippen LogP contribution >= 0.6 is 0 Å². The molecule has 0 N–H and O–H groups in total. The third-order valence-corrected chi connectivity index (χ3v) is 0.590. The average molecular weight is 118 g/mol. The summed E-state index contributed by atoms with van der Waals surface area (Å²) in [6.45, 7) is 4.48. The highest BCUT2D eigenvalue weighted by Gasteiger charge is 2.00. The molecule has 8 heavy (non-hydrogen) atoms. The highest BCUT2D eigenvalue weighted by Crippen LogP contribution is 1.90. The molecule has 0 aromatic carbocycles. The summed E-state index contributed by atoms with van der Waals surface area (Å²) in [6, 6.07) is 0. The van der Waals surface area contributed by atoms with E-state index in [4.69, 9.17) is 0 Å². The molecule has 0 saturated heterocycles. The molecule has 0 radical (unpaired) electrons. The molecule has 48 valence electrons. The molecule has 0 heterocycles. The second kappa shape index (κ2) is 3.41. The summed E-state index contributed by atoms with van der Waals surface area (Å²) < 4.78 is 0. The van der Waals surface area contributed by atoms with Crippen molar-refractivity contribution in [2.75, 3.05) is 13.7 Å². The van der Waals surface area contributed by atoms with Crippen LogP contribution in [0.25, 0.3) is 0 Å². The molecule has 0 spiro atoms. The van der Waals surface area contributed by atoms with Crippen LogP contribution in [0, 0.1) is 10.8 Å². The maximum Gasteiger partial charge on any atom is 0.239 e. The van der Waals surface area contributed by atoms with Gasteiger partial charge in [-0.05, 0) is 5.92 Å². The van der Waals surface area contributed by atoms with Crippen molar-refractivity contribution in [1.82, 2.24) is 0 Å². The van der Waals surface area contributed by atoms with Gasteiger partial charge in [-0.3, -0.25) is 0 Å². The number of hydrogen-bond donors (Lipinski definition) is 0. The van der Waals surface area contributed by atoms with Crippen LogP contribution in [-0.2, 0) is 4.84 Å². The van der Waals surface area contributed by atoms with Gasteiger partial charge in [-0.1, -0.05) is 13.8 Å². The van der Waals surface area contributed by atoms with Gasteiger partial charge in [-0.2, -0.15) is 0 Å². The van der Waals surface area contributed by atoms with Gasteiger partial charge in [0.25, 0.3) is 0 Å². The fourth-order valence-corrected chi connectivity index (χ4v) is 0.254. The molecule has 0 amide bonds. The summed E-state index contributed by atoms with van der Waals surface area (Å²) in [6.07, 6.45) is 0. The lowest BCUT2D eigenvalue weighted by Crippen LogP contribution is -2.08. The second-order valence-corrected chi connectivity index (χ2v) is 2.13. The topological polar surface area (TPSA) is 29.3 Å². The predicted octanol–water partition coefficient (Wildman–Crippen LogP) is 0.983. The second-order valence-electron chi connectivity index (χ2n) is 2.13. The van der Waals surface area contributed by atoms with Crippen LogP contribution in [0.15, 0.2) is 0 Å². The zero-order valence-corrected chi connectivity index (χ0v) is 5.55. The summed E-state index contributed by atoms with van der Waals surface area (Å²) >= 11 is 0. The van der Waals surface area contributed by atoms with Crippen LogP contribution in [0.2, 0.25) is 0 Å². The van der Waals surface area contributed by atoms with E-state index in [0.29, 0.717) is 17.4 Å². The summed E-state index contributed by atoms with van der Waals surface area (Å²) in [5.41, 5.74) is 0. The highest BCUT2D eigenvalue weighted by atomic mass is 16.8. The summed E-state index contributed by atoms with van der Waals surface area (Å²) in [4.78, 5) is 15.1. The van der Waals surface area contributed by atoms with E-state index in [1.807, 2.05) is 13.8 Å². The van der Waals surface area contributed by atoms with Crippen molar-refractivity contribution in [3.63, 3.8) is 0 Å². The first-order chi connectivity index (χ1) is 3.63. The maximum atomic E-state index is 10.0. The van der Waals surface area contributed by atoms with Gasteiger partial charge in [0.2, 0.25) is 12.0 Å². The van der Waals surface area contributed by atoms with Gasteiger partial charge < -0.3 is 0 Å². The Labute approximate surface area is 49.2 Å². The van der Waals surface area contributed by atoms with E-state index in [1.54, 1.807) is 0 Å². The minimum Gasteiger partial charge on any atom is -0.232 e. The normalized spacial score (nSPS) is 9.50. The summed E-state index contributed by atoms with van der Waals surface area (Å²) in [5.74, 6) is 0.423. The number of hydrogen-bond acceptors (Lipinski definition) is 2. The van der Waals surface area contributed by atoms with E-state index in [9.17, 15) is 4.91 Å². The minimum atomic E-state index is 0.423. The fraction of sp³-hybridized carbons (Fsp3) is 1.00. The largest absolute Gasteiger partial charge is 0.239 e. The monoisotopic (exact) mass is 118 g/mol. The molecule has 0 aliphatic carbocycles. The Kier molecular flexibility index (Phi) is 3.15. The Balaban J connectivity index is 3.05. The van der Waals surface area contributed by atoms with Crippen molar-refractivity contribution in [1.29, 1.82) is 0 Å². The fourth-order valence-electron chi connectivity index (χ4n) is 0.254. The van der Waals surface area contributed by atoms with Crippen molar-refractivity contribution in [2.24, 2.45) is 5.92 Å². The van der Waals surface area contributed by atoms with E-state index in [0.717, 1.165) is 0 Å². The van der Waals surface area contributed by atoms with E-state index < -0.39 is 0 Å². The Hall–Kier alpha value is -0.600. The molecule has 0 saturated carbocycles. The van der Waals surface area contributed by atoms with Crippen molar-refractivity contribution < 1.29 is 9.76 Å². The number of nitrogens with zero attached hydrogens (tertiary/aromatic N) is 1. The van der Waals surface area contributed by atoms with Crippen molar-refractivity contribution in [2.45, 2.75) is 13.8 Å². The van der Waals surface area contributed by atoms with Gasteiger partial charge in [0.15, 0.2) is 6.61 Å². The van der Waals surface area contributed by atoms with E-state index >= 15 is 0 Å². The van der Waals surface area contributed by atoms with Crippen LogP contribution in [0.5, 0.6) is 0 Å². The molecule has 0 unspecified atom stereocenters. The van der Waals surface area contributed by atoms with Crippen LogP contribution in [0.3, 0.4) is 0 Å². The predicted molar refractivity (Wildman–Crippen MR) is 30.3 cm³/mol. The van der Waals surface area contributed by atoms with Crippen molar-refractivity contribution in [3.05, 3.63) is 4.91 Å². The lowest BCUT2D eigenvalue weighted by atomic mass is 10.2. The first-order valence-corrected chi connectivity index (χ1v) is 2.66. The van der Waals surface area contributed by atoms with Crippen LogP contribution in [-0.4, -0.2) is 18.6 Å². The molecule has 0 fully saturated rings. The smallest absolute Gasteiger partial charge is 0.232 e. The summed E-state index contributed by atoms with van der Waals surface area (Å²) in [5, 5.41) is 0. The van der Waals surface area contributed by atoms with Gasteiger partial charge in [0.1, 0.15) is 0 Å². The molecule has 0 aliphatic rings. The van der Waals surface area contributed by atoms with E-state index in [2.05, 4.69) is 4.84 Å². The highest BCUT2D eigenvalue weighted by molar-refractivity contribution is 4.34. The van der Waals surface area contributed by atoms with Crippen molar-refractivity contribution in [3.8, 4) is 0 Å². The van der Waals surface area contributed by atoms with Gasteiger partial charge in [-0.15, -0.1) is 0 Å². The third-order valence-electron chi connectivity index (χ3n) is 0.590. The van der Waals surface area contributed by atoms with Crippen LogP contribution < -0.4 is 0 Å². The molecule has 0 aromatic heterocycles. The molecule has 0 aromatic rings. The molecule has 0 atom stereocenters.